The number of benzene rings is 1. The molecule has 0 aliphatic heterocycles. The van der Waals surface area contributed by atoms with Crippen LogP contribution in [0.15, 0.2) is 24.4 Å². The average molecular weight is 267 g/mol. The molecular formula is C13H15F2N3O. The highest BCUT2D eigenvalue weighted by Crippen LogP contribution is 2.21. The largest absolute Gasteiger partial charge is 0.383 e. The van der Waals surface area contributed by atoms with E-state index in [9.17, 15) is 8.78 Å². The van der Waals surface area contributed by atoms with E-state index in [1.165, 1.54) is 6.20 Å². The normalized spacial score (nSPS) is 10.9. The second-order valence-corrected chi connectivity index (χ2v) is 4.04. The van der Waals surface area contributed by atoms with E-state index in [1.807, 2.05) is 0 Å². The first kappa shape index (κ1) is 13.6. The zero-order valence-corrected chi connectivity index (χ0v) is 10.5. The Labute approximate surface area is 109 Å². The molecule has 0 fully saturated rings. The molecule has 0 aliphatic carbocycles. The van der Waals surface area contributed by atoms with Crippen LogP contribution in [0.5, 0.6) is 0 Å². The Kier molecular flexibility index (Phi) is 4.59. The van der Waals surface area contributed by atoms with Crippen molar-refractivity contribution in [3.63, 3.8) is 0 Å². The van der Waals surface area contributed by atoms with Gasteiger partial charge in [0.25, 0.3) is 0 Å². The lowest BCUT2D eigenvalue weighted by molar-refractivity contribution is 0.199. The fourth-order valence-electron chi connectivity index (χ4n) is 1.67. The van der Waals surface area contributed by atoms with Gasteiger partial charge in [-0.1, -0.05) is 0 Å². The quantitative estimate of drug-likeness (QED) is 0.788. The van der Waals surface area contributed by atoms with Gasteiger partial charge in [-0.05, 0) is 18.2 Å². The number of halogens is 2. The number of hydrogen-bond acceptors (Lipinski definition) is 3. The number of aromatic nitrogens is 2. The first-order chi connectivity index (χ1) is 9.20. The highest BCUT2D eigenvalue weighted by atomic mass is 19.1. The molecule has 2 rings (SSSR count). The molecule has 102 valence electrons. The molecule has 0 aliphatic rings. The van der Waals surface area contributed by atoms with Crippen LogP contribution in [0.4, 0.5) is 8.78 Å². The molecule has 0 saturated carbocycles. The molecular weight excluding hydrogens is 252 g/mol. The van der Waals surface area contributed by atoms with Crippen LogP contribution in [0.3, 0.4) is 0 Å². The summed E-state index contributed by atoms with van der Waals surface area (Å²) in [5.74, 6) is -0.301. The van der Waals surface area contributed by atoms with E-state index in [0.29, 0.717) is 31.2 Å². The summed E-state index contributed by atoms with van der Waals surface area (Å²) in [5, 5.41) is 3.11. The highest BCUT2D eigenvalue weighted by Gasteiger charge is 2.09. The third-order valence-corrected chi connectivity index (χ3v) is 2.62. The predicted molar refractivity (Wildman–Crippen MR) is 67.5 cm³/mol. The van der Waals surface area contributed by atoms with Crippen LogP contribution in [0.25, 0.3) is 11.3 Å². The van der Waals surface area contributed by atoms with Gasteiger partial charge < -0.3 is 15.0 Å². The lowest BCUT2D eigenvalue weighted by Gasteiger charge is -2.02. The molecule has 1 aromatic heterocycles. The molecule has 0 unspecified atom stereocenters. The van der Waals surface area contributed by atoms with Gasteiger partial charge in [-0.15, -0.1) is 0 Å². The van der Waals surface area contributed by atoms with Crippen molar-refractivity contribution in [2.45, 2.75) is 6.54 Å². The molecule has 0 saturated heterocycles. The van der Waals surface area contributed by atoms with Crippen molar-refractivity contribution in [1.82, 2.24) is 15.3 Å². The van der Waals surface area contributed by atoms with Gasteiger partial charge in [0.05, 0.1) is 25.0 Å². The van der Waals surface area contributed by atoms with Gasteiger partial charge in [0.2, 0.25) is 0 Å². The van der Waals surface area contributed by atoms with Crippen molar-refractivity contribution >= 4 is 0 Å². The maximum Gasteiger partial charge on any atom is 0.132 e. The Morgan fingerprint density at radius 2 is 2.21 bits per heavy atom. The molecule has 19 heavy (non-hydrogen) atoms. The third kappa shape index (κ3) is 3.59. The molecule has 1 aromatic carbocycles. The first-order valence-corrected chi connectivity index (χ1v) is 5.89. The molecule has 0 amide bonds. The molecule has 1 heterocycles. The van der Waals surface area contributed by atoms with Crippen LogP contribution in [0, 0.1) is 11.6 Å². The van der Waals surface area contributed by atoms with E-state index >= 15 is 0 Å². The number of H-pyrrole nitrogens is 1. The minimum atomic E-state index is -0.482. The van der Waals surface area contributed by atoms with E-state index in [-0.39, 0.29) is 5.56 Å². The Balaban J connectivity index is 2.06. The number of hydrogen-bond donors (Lipinski definition) is 2. The minimum absolute atomic E-state index is 0.177. The molecule has 2 aromatic rings. The first-order valence-electron chi connectivity index (χ1n) is 5.89. The number of rotatable bonds is 6. The molecule has 0 atom stereocenters. The average Bonchev–Trinajstić information content (AvgIpc) is 2.86. The van der Waals surface area contributed by atoms with Crippen LogP contribution >= 0.6 is 0 Å². The number of methoxy groups -OCH3 is 1. The van der Waals surface area contributed by atoms with Gasteiger partial charge >= 0.3 is 0 Å². The Morgan fingerprint density at radius 3 is 3.00 bits per heavy atom. The van der Waals surface area contributed by atoms with Crippen molar-refractivity contribution in [2.75, 3.05) is 20.3 Å². The minimum Gasteiger partial charge on any atom is -0.383 e. The van der Waals surface area contributed by atoms with Crippen LogP contribution in [-0.4, -0.2) is 30.2 Å². The summed E-state index contributed by atoms with van der Waals surface area (Å²) < 4.78 is 31.6. The van der Waals surface area contributed by atoms with Crippen LogP contribution in [0.1, 0.15) is 5.82 Å². The standard InChI is InChI=1S/C13H15F2N3O/c1-19-5-4-16-8-13-17-7-12(18-13)10-6-9(14)2-3-11(10)15/h2-3,6-7,16H,4-5,8H2,1H3,(H,17,18). The molecule has 0 bridgehead atoms. The van der Waals surface area contributed by atoms with E-state index in [4.69, 9.17) is 4.74 Å². The van der Waals surface area contributed by atoms with Crippen molar-refractivity contribution < 1.29 is 13.5 Å². The summed E-state index contributed by atoms with van der Waals surface area (Å²) in [6.45, 7) is 1.81. The van der Waals surface area contributed by atoms with E-state index in [0.717, 1.165) is 18.2 Å². The molecule has 6 heteroatoms. The van der Waals surface area contributed by atoms with E-state index < -0.39 is 11.6 Å². The van der Waals surface area contributed by atoms with Crippen LogP contribution in [0.2, 0.25) is 0 Å². The number of nitrogens with one attached hydrogen (secondary N) is 2. The van der Waals surface area contributed by atoms with Crippen LogP contribution in [-0.2, 0) is 11.3 Å². The lowest BCUT2D eigenvalue weighted by atomic mass is 10.1. The Hall–Kier alpha value is -1.79. The fourth-order valence-corrected chi connectivity index (χ4v) is 1.67. The Bertz CT molecular complexity index is 542. The number of nitrogens with zero attached hydrogens (tertiary/aromatic N) is 1. The van der Waals surface area contributed by atoms with E-state index in [1.54, 1.807) is 7.11 Å². The summed E-state index contributed by atoms with van der Waals surface area (Å²) in [5.41, 5.74) is 0.635. The van der Waals surface area contributed by atoms with Crippen molar-refractivity contribution in [3.05, 3.63) is 41.9 Å². The molecule has 0 radical (unpaired) electrons. The summed E-state index contributed by atoms with van der Waals surface area (Å²) in [4.78, 5) is 7.07. The smallest absolute Gasteiger partial charge is 0.132 e. The van der Waals surface area contributed by atoms with Gasteiger partial charge in [-0.25, -0.2) is 13.8 Å². The highest BCUT2D eigenvalue weighted by molar-refractivity contribution is 5.59. The Morgan fingerprint density at radius 1 is 1.37 bits per heavy atom. The number of aromatic amines is 1. The summed E-state index contributed by atoms with van der Waals surface area (Å²) >= 11 is 0. The summed E-state index contributed by atoms with van der Waals surface area (Å²) in [7, 11) is 1.62. The second kappa shape index (κ2) is 6.40. The number of imidazole rings is 1. The summed E-state index contributed by atoms with van der Waals surface area (Å²) in [6.07, 6.45) is 1.49. The SMILES string of the molecule is COCCNCc1ncc(-c2cc(F)ccc2F)[nH]1. The van der Waals surface area contributed by atoms with Gasteiger partial charge in [-0.2, -0.15) is 0 Å². The zero-order chi connectivity index (χ0) is 13.7. The monoisotopic (exact) mass is 267 g/mol. The number of ether oxygens (including phenoxy) is 1. The zero-order valence-electron chi connectivity index (χ0n) is 10.5. The van der Waals surface area contributed by atoms with Crippen molar-refractivity contribution in [1.29, 1.82) is 0 Å². The van der Waals surface area contributed by atoms with E-state index in [2.05, 4.69) is 15.3 Å². The lowest BCUT2D eigenvalue weighted by Crippen LogP contribution is -2.19. The predicted octanol–water partition coefficient (Wildman–Crippen LogP) is 2.09. The third-order valence-electron chi connectivity index (χ3n) is 2.62. The van der Waals surface area contributed by atoms with Crippen molar-refractivity contribution in [3.8, 4) is 11.3 Å². The molecule has 4 nitrogen and oxygen atoms in total. The maximum absolute atomic E-state index is 13.6. The maximum atomic E-state index is 13.6. The van der Waals surface area contributed by atoms with Gasteiger partial charge in [-0.3, -0.25) is 0 Å². The van der Waals surface area contributed by atoms with Crippen LogP contribution < -0.4 is 5.32 Å². The fraction of sp³-hybridized carbons (Fsp3) is 0.308. The molecule has 2 N–H and O–H groups in total. The molecule has 0 spiro atoms. The van der Waals surface area contributed by atoms with Gasteiger partial charge in [0.1, 0.15) is 17.5 Å². The van der Waals surface area contributed by atoms with Crippen molar-refractivity contribution in [2.24, 2.45) is 0 Å². The summed E-state index contributed by atoms with van der Waals surface area (Å²) in [6, 6.07) is 3.33. The van der Waals surface area contributed by atoms with Gasteiger partial charge in [0.15, 0.2) is 0 Å². The van der Waals surface area contributed by atoms with Gasteiger partial charge in [0, 0.05) is 19.2 Å². The second-order valence-electron chi connectivity index (χ2n) is 4.04. The topological polar surface area (TPSA) is 49.9 Å².